The van der Waals surface area contributed by atoms with Gasteiger partial charge in [0.15, 0.2) is 5.69 Å². The molecule has 1 amide bonds. The summed E-state index contributed by atoms with van der Waals surface area (Å²) in [6.07, 6.45) is 3.53. The molecule has 7 nitrogen and oxygen atoms in total. The van der Waals surface area contributed by atoms with Crippen LogP contribution in [-0.2, 0) is 18.4 Å². The highest BCUT2D eigenvalue weighted by Crippen LogP contribution is 2.46. The van der Waals surface area contributed by atoms with E-state index in [4.69, 9.17) is 5.73 Å². The van der Waals surface area contributed by atoms with Gasteiger partial charge in [0.05, 0.1) is 18.8 Å². The lowest BCUT2D eigenvalue weighted by molar-refractivity contribution is 0.0362. The smallest absolute Gasteiger partial charge is 0.276 e. The van der Waals surface area contributed by atoms with Gasteiger partial charge in [0.1, 0.15) is 0 Å². The van der Waals surface area contributed by atoms with Crippen molar-refractivity contribution >= 4 is 5.91 Å². The number of likely N-dealkylation sites (tertiary alicyclic amines) is 1. The van der Waals surface area contributed by atoms with Crippen molar-refractivity contribution in [3.05, 3.63) is 47.3 Å². The number of piperidine rings is 1. The van der Waals surface area contributed by atoms with Crippen LogP contribution in [0, 0.1) is 0 Å². The second kappa shape index (κ2) is 6.24. The van der Waals surface area contributed by atoms with Gasteiger partial charge in [-0.1, -0.05) is 29.5 Å². The zero-order valence-corrected chi connectivity index (χ0v) is 14.1. The summed E-state index contributed by atoms with van der Waals surface area (Å²) in [7, 11) is 0. The van der Waals surface area contributed by atoms with Crippen molar-refractivity contribution in [1.82, 2.24) is 19.9 Å². The molecular formula is C18H23N5O2. The molecule has 132 valence electrons. The molecule has 4 rings (SSSR count). The maximum Gasteiger partial charge on any atom is 0.276 e. The molecule has 25 heavy (non-hydrogen) atoms. The monoisotopic (exact) mass is 341 g/mol. The average Bonchev–Trinajstić information content (AvgIpc) is 3.20. The van der Waals surface area contributed by atoms with Crippen molar-refractivity contribution in [2.45, 2.75) is 37.3 Å². The number of hydrogen-bond acceptors (Lipinski definition) is 5. The Kier molecular flexibility index (Phi) is 4.05. The van der Waals surface area contributed by atoms with Gasteiger partial charge >= 0.3 is 0 Å². The van der Waals surface area contributed by atoms with Crippen LogP contribution < -0.4 is 5.73 Å². The highest BCUT2D eigenvalue weighted by molar-refractivity contribution is 5.92. The Labute approximate surface area is 146 Å². The zero-order chi connectivity index (χ0) is 17.4. The molecule has 0 bridgehead atoms. The molecule has 0 radical (unpaired) electrons. The number of hydrogen-bond donors (Lipinski definition) is 2. The Morgan fingerprint density at radius 1 is 1.32 bits per heavy atom. The Morgan fingerprint density at radius 3 is 2.84 bits per heavy atom. The van der Waals surface area contributed by atoms with E-state index in [2.05, 4.69) is 22.4 Å². The molecule has 7 heteroatoms. The first-order chi connectivity index (χ1) is 12.1. The van der Waals surface area contributed by atoms with Crippen LogP contribution in [0.5, 0.6) is 0 Å². The predicted octanol–water partition coefficient (Wildman–Crippen LogP) is 0.328. The standard InChI is InChI=1S/C18H23N5O2/c19-7-10-23-12-15(20-21-23)17(25)22-8-5-18(6-9-22)14-4-2-1-3-13(14)11-16(18)24/h1-4,12,16,24H,5-11,19H2. The Hall–Kier alpha value is -2.25. The summed E-state index contributed by atoms with van der Waals surface area (Å²) in [6.45, 7) is 2.24. The molecule has 1 atom stereocenters. The van der Waals surface area contributed by atoms with Crippen LogP contribution in [0.1, 0.15) is 34.5 Å². The number of carbonyl (C=O) groups is 1. The van der Waals surface area contributed by atoms with Crippen LogP contribution in [-0.4, -0.2) is 56.6 Å². The zero-order valence-electron chi connectivity index (χ0n) is 14.1. The first-order valence-corrected chi connectivity index (χ1v) is 8.80. The number of aromatic nitrogens is 3. The molecule has 2 heterocycles. The summed E-state index contributed by atoms with van der Waals surface area (Å²) in [5.41, 5.74) is 8.13. The highest BCUT2D eigenvalue weighted by atomic mass is 16.3. The van der Waals surface area contributed by atoms with E-state index in [0.29, 0.717) is 38.3 Å². The molecular weight excluding hydrogens is 318 g/mol. The topological polar surface area (TPSA) is 97.3 Å². The van der Waals surface area contributed by atoms with E-state index in [1.165, 1.54) is 11.1 Å². The molecule has 2 aliphatic rings. The van der Waals surface area contributed by atoms with Gasteiger partial charge in [-0.05, 0) is 30.4 Å². The number of fused-ring (bicyclic) bond motifs is 2. The lowest BCUT2D eigenvalue weighted by Crippen LogP contribution is -2.49. The van der Waals surface area contributed by atoms with Gasteiger partial charge < -0.3 is 15.7 Å². The lowest BCUT2D eigenvalue weighted by atomic mass is 9.72. The summed E-state index contributed by atoms with van der Waals surface area (Å²) in [5, 5.41) is 18.6. The molecule has 1 spiro atoms. The quantitative estimate of drug-likeness (QED) is 0.838. The number of aliphatic hydroxyl groups is 1. The van der Waals surface area contributed by atoms with Crippen molar-refractivity contribution in [3.8, 4) is 0 Å². The van der Waals surface area contributed by atoms with E-state index in [-0.39, 0.29) is 17.4 Å². The average molecular weight is 341 g/mol. The molecule has 1 aliphatic heterocycles. The molecule has 3 N–H and O–H groups in total. The molecule has 1 aromatic heterocycles. The number of amides is 1. The predicted molar refractivity (Wildman–Crippen MR) is 92.0 cm³/mol. The van der Waals surface area contributed by atoms with E-state index >= 15 is 0 Å². The third kappa shape index (κ3) is 2.63. The molecule has 1 fully saturated rings. The molecule has 1 unspecified atom stereocenters. The molecule has 1 aliphatic carbocycles. The van der Waals surface area contributed by atoms with E-state index in [1.807, 2.05) is 17.0 Å². The third-order valence-corrected chi connectivity index (χ3v) is 5.66. The van der Waals surface area contributed by atoms with Crippen LogP contribution in [0.25, 0.3) is 0 Å². The summed E-state index contributed by atoms with van der Waals surface area (Å²) >= 11 is 0. The van der Waals surface area contributed by atoms with Crippen LogP contribution >= 0.6 is 0 Å². The fourth-order valence-electron chi connectivity index (χ4n) is 4.28. The SMILES string of the molecule is NCCn1cc(C(=O)N2CCC3(CC2)c2ccccc2CC3O)nn1. The maximum absolute atomic E-state index is 12.7. The Balaban J connectivity index is 1.49. The summed E-state index contributed by atoms with van der Waals surface area (Å²) in [4.78, 5) is 14.5. The number of aliphatic hydroxyl groups excluding tert-OH is 1. The minimum atomic E-state index is -0.368. The number of carbonyl (C=O) groups excluding carboxylic acids is 1. The van der Waals surface area contributed by atoms with Crippen molar-refractivity contribution < 1.29 is 9.90 Å². The number of benzene rings is 1. The minimum absolute atomic E-state index is 0.0982. The normalized spacial score (nSPS) is 21.5. The largest absolute Gasteiger partial charge is 0.392 e. The fourth-order valence-corrected chi connectivity index (χ4v) is 4.28. The second-order valence-corrected chi connectivity index (χ2v) is 6.98. The van der Waals surface area contributed by atoms with Gasteiger partial charge in [-0.25, -0.2) is 0 Å². The van der Waals surface area contributed by atoms with Crippen molar-refractivity contribution in [2.75, 3.05) is 19.6 Å². The van der Waals surface area contributed by atoms with Gasteiger partial charge in [-0.15, -0.1) is 5.10 Å². The van der Waals surface area contributed by atoms with E-state index in [0.717, 1.165) is 12.8 Å². The van der Waals surface area contributed by atoms with Crippen LogP contribution in [0.3, 0.4) is 0 Å². The van der Waals surface area contributed by atoms with Gasteiger partial charge in [0.2, 0.25) is 0 Å². The summed E-state index contributed by atoms with van der Waals surface area (Å²) in [5.74, 6) is -0.0982. The number of nitrogens with zero attached hydrogens (tertiary/aromatic N) is 4. The van der Waals surface area contributed by atoms with Crippen molar-refractivity contribution in [3.63, 3.8) is 0 Å². The first kappa shape index (κ1) is 16.2. The van der Waals surface area contributed by atoms with Gasteiger partial charge in [0, 0.05) is 25.0 Å². The number of nitrogens with two attached hydrogens (primary N) is 1. The number of rotatable bonds is 3. The maximum atomic E-state index is 12.7. The van der Waals surface area contributed by atoms with Gasteiger partial charge in [0.25, 0.3) is 5.91 Å². The van der Waals surface area contributed by atoms with Crippen LogP contribution in [0.15, 0.2) is 30.5 Å². The van der Waals surface area contributed by atoms with E-state index in [1.54, 1.807) is 10.9 Å². The fraction of sp³-hybridized carbons (Fsp3) is 0.500. The summed E-state index contributed by atoms with van der Waals surface area (Å²) < 4.78 is 1.59. The molecule has 1 aromatic carbocycles. The second-order valence-electron chi connectivity index (χ2n) is 6.98. The Morgan fingerprint density at radius 2 is 2.08 bits per heavy atom. The van der Waals surface area contributed by atoms with Crippen molar-refractivity contribution in [2.24, 2.45) is 5.73 Å². The minimum Gasteiger partial charge on any atom is -0.392 e. The lowest BCUT2D eigenvalue weighted by Gasteiger charge is -2.42. The van der Waals surface area contributed by atoms with Crippen molar-refractivity contribution in [1.29, 1.82) is 0 Å². The third-order valence-electron chi connectivity index (χ3n) is 5.66. The molecule has 0 saturated carbocycles. The Bertz CT molecular complexity index is 779. The van der Waals surface area contributed by atoms with E-state index < -0.39 is 0 Å². The van der Waals surface area contributed by atoms with Gasteiger partial charge in [-0.2, -0.15) is 0 Å². The van der Waals surface area contributed by atoms with Crippen LogP contribution in [0.4, 0.5) is 0 Å². The van der Waals surface area contributed by atoms with Crippen LogP contribution in [0.2, 0.25) is 0 Å². The first-order valence-electron chi connectivity index (χ1n) is 8.80. The highest BCUT2D eigenvalue weighted by Gasteiger charge is 2.48. The van der Waals surface area contributed by atoms with Gasteiger partial charge in [-0.3, -0.25) is 9.48 Å². The van der Waals surface area contributed by atoms with E-state index in [9.17, 15) is 9.90 Å². The molecule has 2 aromatic rings. The summed E-state index contributed by atoms with van der Waals surface area (Å²) in [6, 6.07) is 8.28. The molecule has 1 saturated heterocycles.